The van der Waals surface area contributed by atoms with Crippen LogP contribution in [0.4, 0.5) is 4.79 Å². The van der Waals surface area contributed by atoms with Crippen LogP contribution in [0.25, 0.3) is 0 Å². The van der Waals surface area contributed by atoms with Gasteiger partial charge in [0.15, 0.2) is 0 Å². The highest BCUT2D eigenvalue weighted by molar-refractivity contribution is 6.12. The molecule has 0 aromatic carbocycles. The van der Waals surface area contributed by atoms with E-state index < -0.39 is 0 Å². The van der Waals surface area contributed by atoms with E-state index in [9.17, 15) is 14.4 Å². The van der Waals surface area contributed by atoms with E-state index in [-0.39, 0.29) is 17.8 Å². The second-order valence-electron chi connectivity index (χ2n) is 6.15. The van der Waals surface area contributed by atoms with Crippen molar-refractivity contribution in [3.05, 3.63) is 12.2 Å². The molecular formula is C16H25N3O3. The lowest BCUT2D eigenvalue weighted by Gasteiger charge is -2.16. The molecule has 0 aromatic rings. The van der Waals surface area contributed by atoms with Gasteiger partial charge in [-0.05, 0) is 25.2 Å². The molecule has 4 amide bonds. The minimum Gasteiger partial charge on any atom is -0.338 e. The van der Waals surface area contributed by atoms with E-state index in [4.69, 9.17) is 0 Å². The first kappa shape index (κ1) is 16.5. The van der Waals surface area contributed by atoms with E-state index in [1.54, 1.807) is 0 Å². The van der Waals surface area contributed by atoms with Gasteiger partial charge in [-0.25, -0.2) is 4.79 Å². The largest absolute Gasteiger partial charge is 0.338 e. The van der Waals surface area contributed by atoms with Gasteiger partial charge in [0.25, 0.3) is 11.8 Å². The Balaban J connectivity index is 1.47. The van der Waals surface area contributed by atoms with Crippen LogP contribution in [0.5, 0.6) is 0 Å². The summed E-state index contributed by atoms with van der Waals surface area (Å²) >= 11 is 0. The molecule has 0 radical (unpaired) electrons. The minimum absolute atomic E-state index is 0.0451. The molecule has 2 heterocycles. The Morgan fingerprint density at radius 1 is 1.18 bits per heavy atom. The maximum Gasteiger partial charge on any atom is 0.317 e. The Labute approximate surface area is 131 Å². The van der Waals surface area contributed by atoms with Crippen molar-refractivity contribution in [2.24, 2.45) is 5.92 Å². The SMILES string of the molecule is C[C@H]1CCN(C(=O)NCCCCCCN2C(=O)C=CC2=O)C1. The molecule has 0 saturated carbocycles. The number of hydrogen-bond donors (Lipinski definition) is 1. The second-order valence-corrected chi connectivity index (χ2v) is 6.15. The van der Waals surface area contributed by atoms with Crippen molar-refractivity contribution < 1.29 is 14.4 Å². The predicted octanol–water partition coefficient (Wildman–Crippen LogP) is 1.52. The van der Waals surface area contributed by atoms with E-state index in [1.165, 1.54) is 17.1 Å². The summed E-state index contributed by atoms with van der Waals surface area (Å²) in [5, 5.41) is 2.95. The molecule has 0 unspecified atom stereocenters. The van der Waals surface area contributed by atoms with Crippen LogP contribution in [0.2, 0.25) is 0 Å². The molecule has 2 rings (SSSR count). The van der Waals surface area contributed by atoms with Gasteiger partial charge < -0.3 is 10.2 Å². The van der Waals surface area contributed by atoms with E-state index in [1.807, 2.05) is 4.90 Å². The molecule has 0 spiro atoms. The van der Waals surface area contributed by atoms with Crippen LogP contribution in [0.3, 0.4) is 0 Å². The van der Waals surface area contributed by atoms with Gasteiger partial charge >= 0.3 is 6.03 Å². The molecular weight excluding hydrogens is 282 g/mol. The fourth-order valence-electron chi connectivity index (χ4n) is 2.83. The third-order valence-electron chi connectivity index (χ3n) is 4.20. The van der Waals surface area contributed by atoms with Crippen molar-refractivity contribution >= 4 is 17.8 Å². The number of carbonyl (C=O) groups is 3. The molecule has 1 fully saturated rings. The van der Waals surface area contributed by atoms with E-state index in [0.717, 1.165) is 45.2 Å². The standard InChI is InChI=1S/C16H25N3O3/c1-13-8-11-18(12-13)16(22)17-9-4-2-3-5-10-19-14(20)6-7-15(19)21/h6-7,13H,2-5,8-12H2,1H3,(H,17,22)/t13-/m0/s1. The van der Waals surface area contributed by atoms with Crippen molar-refractivity contribution in [3.63, 3.8) is 0 Å². The minimum atomic E-state index is -0.211. The van der Waals surface area contributed by atoms with Gasteiger partial charge in [0.2, 0.25) is 0 Å². The summed E-state index contributed by atoms with van der Waals surface area (Å²) in [7, 11) is 0. The number of amides is 4. The normalized spacial score (nSPS) is 21.0. The van der Waals surface area contributed by atoms with Crippen LogP contribution in [-0.4, -0.2) is 53.8 Å². The molecule has 6 heteroatoms. The van der Waals surface area contributed by atoms with Gasteiger partial charge in [-0.2, -0.15) is 0 Å². The smallest absolute Gasteiger partial charge is 0.317 e. The summed E-state index contributed by atoms with van der Waals surface area (Å²) in [5.41, 5.74) is 0. The van der Waals surface area contributed by atoms with Gasteiger partial charge in [0.1, 0.15) is 0 Å². The summed E-state index contributed by atoms with van der Waals surface area (Å²) in [6.45, 7) is 5.06. The summed E-state index contributed by atoms with van der Waals surface area (Å²) in [4.78, 5) is 37.7. The number of likely N-dealkylation sites (tertiary alicyclic amines) is 1. The van der Waals surface area contributed by atoms with Crippen LogP contribution in [0.1, 0.15) is 39.0 Å². The van der Waals surface area contributed by atoms with Crippen molar-refractivity contribution in [1.29, 1.82) is 0 Å². The van der Waals surface area contributed by atoms with Crippen molar-refractivity contribution in [2.45, 2.75) is 39.0 Å². The number of rotatable bonds is 7. The lowest BCUT2D eigenvalue weighted by Crippen LogP contribution is -2.38. The van der Waals surface area contributed by atoms with Crippen molar-refractivity contribution in [1.82, 2.24) is 15.1 Å². The highest BCUT2D eigenvalue weighted by atomic mass is 16.2. The summed E-state index contributed by atoms with van der Waals surface area (Å²) in [6, 6.07) is 0.0451. The number of nitrogens with one attached hydrogen (secondary N) is 1. The topological polar surface area (TPSA) is 69.7 Å². The first-order valence-electron chi connectivity index (χ1n) is 8.14. The highest BCUT2D eigenvalue weighted by Gasteiger charge is 2.23. The number of carbonyl (C=O) groups excluding carboxylic acids is 3. The first-order valence-corrected chi connectivity index (χ1v) is 8.14. The maximum absolute atomic E-state index is 11.9. The molecule has 2 aliphatic heterocycles. The van der Waals surface area contributed by atoms with Crippen LogP contribution in [0, 0.1) is 5.92 Å². The monoisotopic (exact) mass is 307 g/mol. The lowest BCUT2D eigenvalue weighted by molar-refractivity contribution is -0.136. The fraction of sp³-hybridized carbons (Fsp3) is 0.688. The van der Waals surface area contributed by atoms with Gasteiger partial charge in [-0.3, -0.25) is 14.5 Å². The zero-order valence-corrected chi connectivity index (χ0v) is 13.2. The van der Waals surface area contributed by atoms with E-state index in [0.29, 0.717) is 19.0 Å². The molecule has 22 heavy (non-hydrogen) atoms. The maximum atomic E-state index is 11.9. The summed E-state index contributed by atoms with van der Waals surface area (Å²) < 4.78 is 0. The lowest BCUT2D eigenvalue weighted by atomic mass is 10.2. The summed E-state index contributed by atoms with van der Waals surface area (Å²) in [5.74, 6) is 0.186. The van der Waals surface area contributed by atoms with Crippen molar-refractivity contribution in [3.8, 4) is 0 Å². The fourth-order valence-corrected chi connectivity index (χ4v) is 2.83. The average Bonchev–Trinajstić information content (AvgIpc) is 3.06. The second kappa shape index (κ2) is 7.96. The quantitative estimate of drug-likeness (QED) is 0.573. The molecule has 1 atom stereocenters. The van der Waals surface area contributed by atoms with Crippen molar-refractivity contribution in [2.75, 3.05) is 26.2 Å². The zero-order valence-electron chi connectivity index (χ0n) is 13.2. The van der Waals surface area contributed by atoms with E-state index in [2.05, 4.69) is 12.2 Å². The van der Waals surface area contributed by atoms with Gasteiger partial charge in [0.05, 0.1) is 0 Å². The van der Waals surface area contributed by atoms with Crippen LogP contribution in [-0.2, 0) is 9.59 Å². The Hall–Kier alpha value is -1.85. The van der Waals surface area contributed by atoms with Crippen LogP contribution < -0.4 is 5.32 Å². The van der Waals surface area contributed by atoms with E-state index >= 15 is 0 Å². The molecule has 0 bridgehead atoms. The molecule has 0 aromatic heterocycles. The number of urea groups is 1. The predicted molar refractivity (Wildman–Crippen MR) is 83.1 cm³/mol. The third kappa shape index (κ3) is 4.58. The average molecular weight is 307 g/mol. The number of unbranched alkanes of at least 4 members (excludes halogenated alkanes) is 3. The first-order chi connectivity index (χ1) is 10.6. The Bertz CT molecular complexity index is 444. The highest BCUT2D eigenvalue weighted by Crippen LogP contribution is 2.14. The number of imide groups is 1. The summed E-state index contributed by atoms with van der Waals surface area (Å²) in [6.07, 6.45) is 7.41. The zero-order chi connectivity index (χ0) is 15.9. The molecule has 2 aliphatic rings. The Morgan fingerprint density at radius 3 is 2.50 bits per heavy atom. The number of nitrogens with zero attached hydrogens (tertiary/aromatic N) is 2. The van der Waals surface area contributed by atoms with Crippen LogP contribution in [0.15, 0.2) is 12.2 Å². The molecule has 0 aliphatic carbocycles. The van der Waals surface area contributed by atoms with Gasteiger partial charge in [-0.15, -0.1) is 0 Å². The van der Waals surface area contributed by atoms with Gasteiger partial charge in [0, 0.05) is 38.3 Å². The Morgan fingerprint density at radius 2 is 1.86 bits per heavy atom. The van der Waals surface area contributed by atoms with Crippen LogP contribution >= 0.6 is 0 Å². The molecule has 122 valence electrons. The Kier molecular flexibility index (Phi) is 5.98. The molecule has 1 saturated heterocycles. The molecule has 6 nitrogen and oxygen atoms in total. The third-order valence-corrected chi connectivity index (χ3v) is 4.20. The number of hydrogen-bond acceptors (Lipinski definition) is 3. The molecule has 1 N–H and O–H groups in total. The van der Waals surface area contributed by atoms with Gasteiger partial charge in [-0.1, -0.05) is 19.8 Å².